The second-order valence-electron chi connectivity index (χ2n) is 6.02. The summed E-state index contributed by atoms with van der Waals surface area (Å²) < 4.78 is 6.06. The Morgan fingerprint density at radius 3 is 2.63 bits per heavy atom. The largest absolute Gasteiger partial charge is 0.484 e. The lowest BCUT2D eigenvalue weighted by atomic mass is 10.2. The Labute approximate surface area is 167 Å². The monoisotopic (exact) mass is 398 g/mol. The number of rotatable bonds is 5. The van der Waals surface area contributed by atoms with Gasteiger partial charge in [0.2, 0.25) is 0 Å². The Balaban J connectivity index is 1.56. The predicted octanol–water partition coefficient (Wildman–Crippen LogP) is 3.84. The van der Waals surface area contributed by atoms with E-state index < -0.39 is 0 Å². The molecular weight excluding hydrogens is 380 g/mol. The van der Waals surface area contributed by atoms with Crippen molar-refractivity contribution in [3.63, 3.8) is 0 Å². The van der Waals surface area contributed by atoms with Gasteiger partial charge in [-0.25, -0.2) is 0 Å². The first-order chi connectivity index (χ1) is 12.9. The molecule has 2 amide bonds. The number of aryl methyl sites for hydroxylation is 1. The molecule has 0 atom stereocenters. The summed E-state index contributed by atoms with van der Waals surface area (Å²) in [5.74, 6) is 0.254. The summed E-state index contributed by atoms with van der Waals surface area (Å²) in [5.41, 5.74) is 2.68. The van der Waals surface area contributed by atoms with Gasteiger partial charge < -0.3 is 10.1 Å². The summed E-state index contributed by atoms with van der Waals surface area (Å²) in [5, 5.41) is 2.80. The van der Waals surface area contributed by atoms with Crippen LogP contribution in [0.4, 0.5) is 5.69 Å². The van der Waals surface area contributed by atoms with Crippen LogP contribution in [0, 0.1) is 6.92 Å². The number of carbonyl (C=O) groups is 2. The summed E-state index contributed by atoms with van der Waals surface area (Å²) >= 11 is 6.40. The maximum atomic E-state index is 12.0. The van der Waals surface area contributed by atoms with Gasteiger partial charge >= 0.3 is 0 Å². The fourth-order valence-corrected chi connectivity index (χ4v) is 3.61. The molecule has 138 valence electrons. The minimum Gasteiger partial charge on any atom is -0.484 e. The van der Waals surface area contributed by atoms with E-state index in [1.165, 1.54) is 16.7 Å². The molecule has 0 aliphatic carbocycles. The quantitative estimate of drug-likeness (QED) is 0.613. The van der Waals surface area contributed by atoms with E-state index in [0.29, 0.717) is 15.0 Å². The Bertz CT molecular complexity index is 923. The van der Waals surface area contributed by atoms with E-state index in [9.17, 15) is 9.59 Å². The van der Waals surface area contributed by atoms with Crippen molar-refractivity contribution in [1.82, 2.24) is 4.90 Å². The molecule has 1 fully saturated rings. The van der Waals surface area contributed by atoms with E-state index in [0.717, 1.165) is 16.8 Å². The Morgan fingerprint density at radius 1 is 1.26 bits per heavy atom. The fraction of sp³-hybridized carbons (Fsp3) is 0.150. The molecular formula is C20H18N2O3S2. The normalized spacial score (nSPS) is 15.3. The Morgan fingerprint density at radius 2 is 2.00 bits per heavy atom. The third kappa shape index (κ3) is 4.96. The number of anilines is 1. The topological polar surface area (TPSA) is 58.6 Å². The van der Waals surface area contributed by atoms with Crippen molar-refractivity contribution >= 4 is 51.9 Å². The van der Waals surface area contributed by atoms with Crippen molar-refractivity contribution in [2.75, 3.05) is 19.0 Å². The average molecular weight is 399 g/mol. The lowest BCUT2D eigenvalue weighted by Gasteiger charge is -2.08. The van der Waals surface area contributed by atoms with E-state index in [-0.39, 0.29) is 18.4 Å². The molecule has 0 spiro atoms. The van der Waals surface area contributed by atoms with E-state index >= 15 is 0 Å². The van der Waals surface area contributed by atoms with Gasteiger partial charge in [-0.1, -0.05) is 48.2 Å². The molecule has 7 heteroatoms. The van der Waals surface area contributed by atoms with E-state index in [1.807, 2.05) is 43.3 Å². The van der Waals surface area contributed by atoms with Crippen LogP contribution in [0.2, 0.25) is 0 Å². The van der Waals surface area contributed by atoms with Gasteiger partial charge in [0.15, 0.2) is 6.61 Å². The number of amides is 2. The zero-order valence-corrected chi connectivity index (χ0v) is 16.5. The second kappa shape index (κ2) is 8.37. The smallest absolute Gasteiger partial charge is 0.265 e. The van der Waals surface area contributed by atoms with Crippen molar-refractivity contribution in [2.24, 2.45) is 0 Å². The van der Waals surface area contributed by atoms with E-state index in [2.05, 4.69) is 5.32 Å². The summed E-state index contributed by atoms with van der Waals surface area (Å²) in [6.07, 6.45) is 1.79. The predicted molar refractivity (Wildman–Crippen MR) is 113 cm³/mol. The Kier molecular flexibility index (Phi) is 5.93. The fourth-order valence-electron chi connectivity index (χ4n) is 2.43. The highest BCUT2D eigenvalue weighted by Gasteiger charge is 2.28. The molecule has 1 aliphatic heterocycles. The van der Waals surface area contributed by atoms with Crippen molar-refractivity contribution in [1.29, 1.82) is 0 Å². The summed E-state index contributed by atoms with van der Waals surface area (Å²) in [7, 11) is 1.66. The number of hydrogen-bond acceptors (Lipinski definition) is 5. The van der Waals surface area contributed by atoms with Crippen LogP contribution in [0.25, 0.3) is 6.08 Å². The highest BCUT2D eigenvalue weighted by atomic mass is 32.2. The van der Waals surface area contributed by atoms with Crippen LogP contribution in [0.5, 0.6) is 5.75 Å². The molecule has 0 saturated carbocycles. The molecule has 0 unspecified atom stereocenters. The van der Waals surface area contributed by atoms with Crippen LogP contribution in [0.1, 0.15) is 11.1 Å². The number of nitrogens with one attached hydrogen (secondary N) is 1. The van der Waals surface area contributed by atoms with Gasteiger partial charge in [-0.05, 0) is 48.4 Å². The van der Waals surface area contributed by atoms with Crippen molar-refractivity contribution in [3.05, 3.63) is 64.6 Å². The van der Waals surface area contributed by atoms with Gasteiger partial charge in [-0.15, -0.1) is 0 Å². The lowest BCUT2D eigenvalue weighted by molar-refractivity contribution is -0.121. The van der Waals surface area contributed by atoms with Gasteiger partial charge in [0.25, 0.3) is 11.8 Å². The number of thiocarbonyl (C=S) groups is 1. The molecule has 27 heavy (non-hydrogen) atoms. The van der Waals surface area contributed by atoms with Crippen LogP contribution in [0.15, 0.2) is 53.4 Å². The first kappa shape index (κ1) is 19.1. The molecule has 3 rings (SSSR count). The third-order valence-corrected chi connectivity index (χ3v) is 5.32. The number of hydrogen-bond donors (Lipinski definition) is 1. The zero-order valence-electron chi connectivity index (χ0n) is 14.9. The summed E-state index contributed by atoms with van der Waals surface area (Å²) in [6, 6.07) is 14.8. The van der Waals surface area contributed by atoms with E-state index in [4.69, 9.17) is 17.0 Å². The number of ether oxygens (including phenoxy) is 1. The zero-order chi connectivity index (χ0) is 19.4. The van der Waals surface area contributed by atoms with Crippen molar-refractivity contribution < 1.29 is 14.3 Å². The standard InChI is InChI=1S/C20H18N2O3S2/c1-13-4-3-5-15(10-13)21-18(23)12-25-16-8-6-14(7-9-16)11-17-19(24)22(2)20(26)27-17/h3-11H,12H2,1-2H3,(H,21,23)/b17-11-. The minimum atomic E-state index is -0.226. The number of thioether (sulfide) groups is 1. The summed E-state index contributed by atoms with van der Waals surface area (Å²) in [6.45, 7) is 1.88. The number of likely N-dealkylation sites (N-methyl/N-ethyl adjacent to an activating group) is 1. The number of nitrogens with zero attached hydrogens (tertiary/aromatic N) is 1. The van der Waals surface area contributed by atoms with Crippen molar-refractivity contribution in [3.8, 4) is 5.75 Å². The first-order valence-electron chi connectivity index (χ1n) is 8.23. The molecule has 1 aliphatic rings. The molecule has 2 aromatic carbocycles. The second-order valence-corrected chi connectivity index (χ2v) is 7.69. The molecule has 2 aromatic rings. The molecule has 1 N–H and O–H groups in total. The minimum absolute atomic E-state index is 0.0816. The molecule has 1 saturated heterocycles. The molecule has 1 heterocycles. The summed E-state index contributed by atoms with van der Waals surface area (Å²) in [4.78, 5) is 26.1. The van der Waals surface area contributed by atoms with Gasteiger partial charge in [0.1, 0.15) is 10.1 Å². The van der Waals surface area contributed by atoms with Gasteiger partial charge in [0, 0.05) is 12.7 Å². The number of carbonyl (C=O) groups excluding carboxylic acids is 2. The lowest BCUT2D eigenvalue weighted by Crippen LogP contribution is -2.22. The Hall–Kier alpha value is -2.64. The van der Waals surface area contributed by atoms with Crippen molar-refractivity contribution in [2.45, 2.75) is 6.92 Å². The number of benzene rings is 2. The highest BCUT2D eigenvalue weighted by molar-refractivity contribution is 8.26. The highest BCUT2D eigenvalue weighted by Crippen LogP contribution is 2.31. The van der Waals surface area contributed by atoms with Crippen LogP contribution in [-0.4, -0.2) is 34.7 Å². The third-order valence-electron chi connectivity index (χ3n) is 3.84. The van der Waals surface area contributed by atoms with Crippen LogP contribution < -0.4 is 10.1 Å². The molecule has 0 radical (unpaired) electrons. The maximum Gasteiger partial charge on any atom is 0.265 e. The van der Waals surface area contributed by atoms with Crippen LogP contribution >= 0.6 is 24.0 Å². The van der Waals surface area contributed by atoms with Gasteiger partial charge in [-0.2, -0.15) is 0 Å². The van der Waals surface area contributed by atoms with E-state index in [1.54, 1.807) is 25.3 Å². The van der Waals surface area contributed by atoms with Crippen LogP contribution in [-0.2, 0) is 9.59 Å². The van der Waals surface area contributed by atoms with Crippen LogP contribution in [0.3, 0.4) is 0 Å². The van der Waals surface area contributed by atoms with Gasteiger partial charge in [-0.3, -0.25) is 14.5 Å². The SMILES string of the molecule is Cc1cccc(NC(=O)COc2ccc(/C=C3\SC(=S)N(C)C3=O)cc2)c1. The average Bonchev–Trinajstić information content (AvgIpc) is 2.88. The molecule has 0 bridgehead atoms. The maximum absolute atomic E-state index is 12.0. The molecule has 0 aromatic heterocycles. The molecule has 5 nitrogen and oxygen atoms in total. The van der Waals surface area contributed by atoms with Gasteiger partial charge in [0.05, 0.1) is 4.91 Å². The first-order valence-corrected chi connectivity index (χ1v) is 9.46.